The molecule has 3 aromatic carbocycles. The van der Waals surface area contributed by atoms with Crippen LogP contribution in [-0.4, -0.2) is 37.2 Å². The molecule has 6 nitrogen and oxygen atoms in total. The van der Waals surface area contributed by atoms with Gasteiger partial charge >= 0.3 is 0 Å². The number of amides is 2. The fraction of sp³-hybridized carbons (Fsp3) is 0.222. The number of benzene rings is 3. The zero-order valence-electron chi connectivity index (χ0n) is 18.7. The first-order chi connectivity index (χ1) is 16.0. The summed E-state index contributed by atoms with van der Waals surface area (Å²) in [5.41, 5.74) is 6.39. The van der Waals surface area contributed by atoms with E-state index in [4.69, 9.17) is 4.74 Å². The molecule has 1 atom stereocenters. The Hall–Kier alpha value is -3.93. The number of ether oxygens (including phenoxy) is 1. The number of anilines is 1. The highest BCUT2D eigenvalue weighted by molar-refractivity contribution is 6.04. The molecule has 0 saturated heterocycles. The van der Waals surface area contributed by atoms with Gasteiger partial charge in [-0.1, -0.05) is 42.5 Å². The van der Waals surface area contributed by atoms with Gasteiger partial charge in [0.25, 0.3) is 11.8 Å². The molecule has 166 valence electrons. The number of likely N-dealkylation sites (N-methyl/N-ethyl adjacent to an activating group) is 1. The van der Waals surface area contributed by atoms with Crippen molar-refractivity contribution in [3.05, 3.63) is 89.0 Å². The smallest absolute Gasteiger partial charge is 0.252 e. The first-order valence-electron chi connectivity index (χ1n) is 11.0. The number of nitrogens with one attached hydrogen (secondary N) is 1. The van der Waals surface area contributed by atoms with Crippen LogP contribution in [0.2, 0.25) is 0 Å². The van der Waals surface area contributed by atoms with Gasteiger partial charge in [0, 0.05) is 24.7 Å². The van der Waals surface area contributed by atoms with Crippen LogP contribution in [-0.2, 0) is 17.6 Å². The van der Waals surface area contributed by atoms with Crippen molar-refractivity contribution in [2.24, 2.45) is 4.99 Å². The van der Waals surface area contributed by atoms with Crippen molar-refractivity contribution in [2.45, 2.75) is 25.8 Å². The zero-order valence-corrected chi connectivity index (χ0v) is 18.7. The molecule has 0 aliphatic carbocycles. The van der Waals surface area contributed by atoms with Crippen LogP contribution >= 0.6 is 0 Å². The lowest BCUT2D eigenvalue weighted by Crippen LogP contribution is -2.49. The molecule has 3 aromatic rings. The lowest BCUT2D eigenvalue weighted by atomic mass is 10.0. The predicted molar refractivity (Wildman–Crippen MR) is 129 cm³/mol. The SMILES string of the molecule is CC1=Nc2cc3c(cc2C1)OC[C@H](NC(=O)c1cccc(Cc2ccccc2)c1)C(=O)N3C. The number of hydrogen-bond acceptors (Lipinski definition) is 4. The number of carbonyl (C=O) groups excluding carboxylic acids is 2. The first kappa shape index (κ1) is 20.9. The topological polar surface area (TPSA) is 71.0 Å². The maximum Gasteiger partial charge on any atom is 0.252 e. The summed E-state index contributed by atoms with van der Waals surface area (Å²) in [5, 5.41) is 2.86. The Morgan fingerprint density at radius 3 is 2.70 bits per heavy atom. The normalized spacial score (nSPS) is 16.9. The highest BCUT2D eigenvalue weighted by Crippen LogP contribution is 2.39. The second-order valence-electron chi connectivity index (χ2n) is 8.57. The van der Waals surface area contributed by atoms with Crippen LogP contribution in [0.1, 0.15) is 34.0 Å². The molecule has 0 aromatic heterocycles. The van der Waals surface area contributed by atoms with E-state index < -0.39 is 6.04 Å². The van der Waals surface area contributed by atoms with Gasteiger partial charge in [-0.25, -0.2) is 0 Å². The lowest BCUT2D eigenvalue weighted by molar-refractivity contribution is -0.120. The molecule has 0 spiro atoms. The highest BCUT2D eigenvalue weighted by Gasteiger charge is 2.32. The maximum atomic E-state index is 13.1. The summed E-state index contributed by atoms with van der Waals surface area (Å²) in [7, 11) is 1.70. The fourth-order valence-electron chi connectivity index (χ4n) is 4.34. The average molecular weight is 440 g/mol. The highest BCUT2D eigenvalue weighted by atomic mass is 16.5. The number of carbonyl (C=O) groups is 2. The quantitative estimate of drug-likeness (QED) is 0.666. The van der Waals surface area contributed by atoms with Crippen LogP contribution in [0.4, 0.5) is 11.4 Å². The third-order valence-electron chi connectivity index (χ3n) is 6.06. The van der Waals surface area contributed by atoms with E-state index in [1.54, 1.807) is 18.0 Å². The monoisotopic (exact) mass is 439 g/mol. The lowest BCUT2D eigenvalue weighted by Gasteiger charge is -2.21. The van der Waals surface area contributed by atoms with E-state index in [2.05, 4.69) is 22.4 Å². The van der Waals surface area contributed by atoms with Crippen LogP contribution in [0.5, 0.6) is 5.75 Å². The molecule has 2 aliphatic rings. The van der Waals surface area contributed by atoms with Gasteiger partial charge in [0.15, 0.2) is 0 Å². The van der Waals surface area contributed by atoms with Gasteiger partial charge in [-0.15, -0.1) is 0 Å². The fourth-order valence-corrected chi connectivity index (χ4v) is 4.34. The Bertz CT molecular complexity index is 1270. The molecule has 33 heavy (non-hydrogen) atoms. The van der Waals surface area contributed by atoms with Gasteiger partial charge in [0.2, 0.25) is 0 Å². The van der Waals surface area contributed by atoms with Gasteiger partial charge in [0.05, 0.1) is 11.4 Å². The Labute approximate surface area is 192 Å². The van der Waals surface area contributed by atoms with Crippen molar-refractivity contribution in [1.29, 1.82) is 0 Å². The minimum Gasteiger partial charge on any atom is -0.489 e. The number of fused-ring (bicyclic) bond motifs is 2. The minimum absolute atomic E-state index is 0.0737. The molecule has 0 unspecified atom stereocenters. The standard InChI is InChI=1S/C27H25N3O3/c1-17-11-21-14-25-24(15-22(21)28-17)30(2)27(32)23(16-33-25)29-26(31)20-10-6-9-19(13-20)12-18-7-4-3-5-8-18/h3-10,13-15,23H,11-12,16H2,1-2H3,(H,29,31)/t23-/m0/s1. The third-order valence-corrected chi connectivity index (χ3v) is 6.06. The van der Waals surface area contributed by atoms with Gasteiger partial charge < -0.3 is 15.0 Å². The minimum atomic E-state index is -0.784. The molecule has 2 heterocycles. The molecule has 0 radical (unpaired) electrons. The molecule has 0 bridgehead atoms. The van der Waals surface area contributed by atoms with E-state index in [9.17, 15) is 9.59 Å². The molecule has 1 N–H and O–H groups in total. The largest absolute Gasteiger partial charge is 0.489 e. The van der Waals surface area contributed by atoms with E-state index in [0.717, 1.165) is 35.4 Å². The van der Waals surface area contributed by atoms with Crippen molar-refractivity contribution in [2.75, 3.05) is 18.6 Å². The molecular formula is C27H25N3O3. The van der Waals surface area contributed by atoms with Gasteiger partial charge in [-0.2, -0.15) is 0 Å². The van der Waals surface area contributed by atoms with Crippen molar-refractivity contribution in [1.82, 2.24) is 5.32 Å². The molecule has 5 rings (SSSR count). The van der Waals surface area contributed by atoms with E-state index in [1.807, 2.05) is 55.5 Å². The molecule has 2 amide bonds. The maximum absolute atomic E-state index is 13.1. The molecule has 0 fully saturated rings. The Morgan fingerprint density at radius 2 is 1.88 bits per heavy atom. The van der Waals surface area contributed by atoms with Crippen LogP contribution in [0.25, 0.3) is 0 Å². The van der Waals surface area contributed by atoms with Gasteiger partial charge in [0.1, 0.15) is 18.4 Å². The summed E-state index contributed by atoms with van der Waals surface area (Å²) < 4.78 is 5.97. The number of hydrogen-bond donors (Lipinski definition) is 1. The van der Waals surface area contributed by atoms with E-state index >= 15 is 0 Å². The van der Waals surface area contributed by atoms with Crippen molar-refractivity contribution >= 4 is 28.9 Å². The summed E-state index contributed by atoms with van der Waals surface area (Å²) in [6.45, 7) is 2.06. The first-order valence-corrected chi connectivity index (χ1v) is 11.0. The summed E-state index contributed by atoms with van der Waals surface area (Å²) in [6, 6.07) is 20.6. The number of nitrogens with zero attached hydrogens (tertiary/aromatic N) is 2. The zero-order chi connectivity index (χ0) is 22.9. The number of rotatable bonds is 4. The van der Waals surface area contributed by atoms with Crippen molar-refractivity contribution in [3.8, 4) is 5.75 Å². The Kier molecular flexibility index (Phi) is 5.42. The van der Waals surface area contributed by atoms with Crippen LogP contribution in [0.3, 0.4) is 0 Å². The molecule has 6 heteroatoms. The van der Waals surface area contributed by atoms with Crippen LogP contribution in [0, 0.1) is 0 Å². The van der Waals surface area contributed by atoms with Gasteiger partial charge in [-0.05, 0) is 54.3 Å². The van der Waals surface area contributed by atoms with Crippen molar-refractivity contribution < 1.29 is 14.3 Å². The average Bonchev–Trinajstić information content (AvgIpc) is 3.15. The molecular weight excluding hydrogens is 414 g/mol. The summed E-state index contributed by atoms with van der Waals surface area (Å²) in [4.78, 5) is 32.2. The summed E-state index contributed by atoms with van der Waals surface area (Å²) in [5.74, 6) is 0.117. The van der Waals surface area contributed by atoms with Crippen LogP contribution in [0.15, 0.2) is 71.7 Å². The van der Waals surface area contributed by atoms with E-state index in [0.29, 0.717) is 17.0 Å². The third kappa shape index (κ3) is 4.24. The predicted octanol–water partition coefficient (Wildman–Crippen LogP) is 4.08. The Morgan fingerprint density at radius 1 is 1.09 bits per heavy atom. The second-order valence-corrected chi connectivity index (χ2v) is 8.57. The van der Waals surface area contributed by atoms with Gasteiger partial charge in [-0.3, -0.25) is 14.6 Å². The summed E-state index contributed by atoms with van der Waals surface area (Å²) in [6.07, 6.45) is 1.52. The molecule has 0 saturated carbocycles. The Balaban J connectivity index is 1.32. The number of aliphatic imine (C=N–C) groups is 1. The molecule has 2 aliphatic heterocycles. The van der Waals surface area contributed by atoms with E-state index in [-0.39, 0.29) is 18.4 Å². The summed E-state index contributed by atoms with van der Waals surface area (Å²) >= 11 is 0. The van der Waals surface area contributed by atoms with Crippen molar-refractivity contribution in [3.63, 3.8) is 0 Å². The second kappa shape index (κ2) is 8.54. The van der Waals surface area contributed by atoms with E-state index in [1.165, 1.54) is 5.56 Å². The van der Waals surface area contributed by atoms with Crippen LogP contribution < -0.4 is 15.0 Å².